The van der Waals surface area contributed by atoms with Gasteiger partial charge in [0.15, 0.2) is 36.5 Å². The number of hydrogen-bond donors (Lipinski definition) is 0. The number of ketones is 1. The van der Waals surface area contributed by atoms with Gasteiger partial charge < -0.3 is 37.9 Å². The third-order valence-corrected chi connectivity index (χ3v) is 7.94. The van der Waals surface area contributed by atoms with Gasteiger partial charge in [0.25, 0.3) is 0 Å². The molecule has 4 aliphatic heterocycles. The SMILES string of the molecule is COc1cc2c(c(OC3CCCCO3)c1)C(=O)C(OC1CCCCO1)C(c1ccc(OC3CCCCO3)c(OC)c1)=N2. The van der Waals surface area contributed by atoms with Crippen molar-refractivity contribution in [3.63, 3.8) is 0 Å². The zero-order valence-electron chi connectivity index (χ0n) is 24.3. The zero-order valence-corrected chi connectivity index (χ0v) is 24.3. The van der Waals surface area contributed by atoms with E-state index in [1.807, 2.05) is 18.2 Å². The molecule has 4 heterocycles. The van der Waals surface area contributed by atoms with Crippen LogP contribution in [0.25, 0.3) is 0 Å². The van der Waals surface area contributed by atoms with E-state index in [1.165, 1.54) is 0 Å². The van der Waals surface area contributed by atoms with Crippen LogP contribution in [0.1, 0.15) is 73.7 Å². The lowest BCUT2D eigenvalue weighted by molar-refractivity contribution is -0.166. The van der Waals surface area contributed by atoms with Crippen molar-refractivity contribution in [1.82, 2.24) is 0 Å². The Hall–Kier alpha value is -3.18. The molecule has 4 aliphatic rings. The highest BCUT2D eigenvalue weighted by Gasteiger charge is 2.39. The highest BCUT2D eigenvalue weighted by molar-refractivity contribution is 6.26. The standard InChI is InChI=1S/C32H39NO9/c1-35-21-18-22-29(25(19-21)41-27-10-4-7-15-38-27)31(34)32(42-28-11-5-8-16-39-28)30(33-22)20-12-13-23(24(17-20)36-2)40-26-9-3-6-14-37-26/h12-13,17-19,26-28,32H,3-11,14-16H2,1-2H3. The summed E-state index contributed by atoms with van der Waals surface area (Å²) in [6.07, 6.45) is 5.94. The first kappa shape index (κ1) is 28.9. The molecule has 0 saturated carbocycles. The third kappa shape index (κ3) is 6.41. The van der Waals surface area contributed by atoms with Gasteiger partial charge in [-0.1, -0.05) is 0 Å². The first-order chi connectivity index (χ1) is 20.6. The summed E-state index contributed by atoms with van der Waals surface area (Å²) in [6.45, 7) is 1.88. The molecule has 3 fully saturated rings. The lowest BCUT2D eigenvalue weighted by atomic mass is 9.92. The van der Waals surface area contributed by atoms with Crippen LogP contribution in [0.3, 0.4) is 0 Å². The van der Waals surface area contributed by atoms with E-state index in [0.29, 0.717) is 71.8 Å². The first-order valence-electron chi connectivity index (χ1n) is 15.0. The number of aliphatic imine (C=N–C) groups is 1. The molecule has 0 aliphatic carbocycles. The molecule has 10 nitrogen and oxygen atoms in total. The monoisotopic (exact) mass is 581 g/mol. The number of fused-ring (bicyclic) bond motifs is 1. The van der Waals surface area contributed by atoms with Crippen LogP contribution >= 0.6 is 0 Å². The topological polar surface area (TPSA) is 103 Å². The normalized spacial score (nSPS) is 26.1. The Bertz CT molecular complexity index is 1280. The van der Waals surface area contributed by atoms with Crippen molar-refractivity contribution >= 4 is 17.2 Å². The van der Waals surface area contributed by atoms with Crippen molar-refractivity contribution < 1.29 is 42.7 Å². The number of Topliss-reactive ketones (excluding diaryl/α,β-unsaturated/α-hetero) is 1. The van der Waals surface area contributed by atoms with Gasteiger partial charge in [0.1, 0.15) is 11.5 Å². The van der Waals surface area contributed by atoms with Crippen molar-refractivity contribution in [2.75, 3.05) is 34.0 Å². The van der Waals surface area contributed by atoms with Gasteiger partial charge in [0.2, 0.25) is 5.78 Å². The Kier molecular flexibility index (Phi) is 9.24. The fraction of sp³-hybridized carbons (Fsp3) is 0.562. The molecule has 4 unspecified atom stereocenters. The van der Waals surface area contributed by atoms with E-state index in [-0.39, 0.29) is 12.1 Å². The largest absolute Gasteiger partial charge is 0.497 e. The lowest BCUT2D eigenvalue weighted by Gasteiger charge is -2.32. The van der Waals surface area contributed by atoms with Crippen LogP contribution in [0.15, 0.2) is 35.3 Å². The molecule has 2 aromatic rings. The van der Waals surface area contributed by atoms with E-state index in [1.54, 1.807) is 26.4 Å². The van der Waals surface area contributed by atoms with E-state index < -0.39 is 18.7 Å². The molecule has 3 saturated heterocycles. The van der Waals surface area contributed by atoms with Crippen molar-refractivity contribution in [2.45, 2.75) is 82.8 Å². The molecule has 0 radical (unpaired) electrons. The van der Waals surface area contributed by atoms with Crippen LogP contribution in [0, 0.1) is 0 Å². The summed E-state index contributed by atoms with van der Waals surface area (Å²) in [4.78, 5) is 19.3. The fourth-order valence-electron chi connectivity index (χ4n) is 5.69. The van der Waals surface area contributed by atoms with Crippen LogP contribution in [-0.4, -0.2) is 70.5 Å². The maximum Gasteiger partial charge on any atom is 0.203 e. The van der Waals surface area contributed by atoms with Crippen LogP contribution in [0.5, 0.6) is 23.0 Å². The summed E-state index contributed by atoms with van der Waals surface area (Å²) < 4.78 is 47.4. The molecule has 4 atom stereocenters. The molecular weight excluding hydrogens is 542 g/mol. The van der Waals surface area contributed by atoms with E-state index in [2.05, 4.69) is 0 Å². The average Bonchev–Trinajstić information content (AvgIpc) is 3.03. The van der Waals surface area contributed by atoms with Gasteiger partial charge in [-0.15, -0.1) is 0 Å². The minimum Gasteiger partial charge on any atom is -0.497 e. The van der Waals surface area contributed by atoms with Crippen molar-refractivity contribution in [1.29, 1.82) is 0 Å². The van der Waals surface area contributed by atoms with Crippen LogP contribution in [0.2, 0.25) is 0 Å². The maximum atomic E-state index is 14.3. The second-order valence-corrected chi connectivity index (χ2v) is 10.9. The number of nitrogens with zero attached hydrogens (tertiary/aromatic N) is 1. The minimum atomic E-state index is -1.01. The predicted molar refractivity (Wildman–Crippen MR) is 153 cm³/mol. The van der Waals surface area contributed by atoms with Gasteiger partial charge in [-0.25, -0.2) is 4.99 Å². The number of carbonyl (C=O) groups is 1. The van der Waals surface area contributed by atoms with Crippen LogP contribution in [0.4, 0.5) is 5.69 Å². The Morgan fingerprint density at radius 3 is 1.95 bits per heavy atom. The van der Waals surface area contributed by atoms with Crippen molar-refractivity contribution in [3.8, 4) is 23.0 Å². The van der Waals surface area contributed by atoms with Crippen LogP contribution < -0.4 is 18.9 Å². The molecule has 226 valence electrons. The third-order valence-electron chi connectivity index (χ3n) is 7.94. The summed E-state index contributed by atoms with van der Waals surface area (Å²) in [7, 11) is 3.16. The maximum absolute atomic E-state index is 14.3. The molecular formula is C32H39NO9. The van der Waals surface area contributed by atoms with Crippen molar-refractivity contribution in [2.24, 2.45) is 4.99 Å². The van der Waals surface area contributed by atoms with Gasteiger partial charge in [-0.3, -0.25) is 4.79 Å². The molecule has 0 bridgehead atoms. The zero-order chi connectivity index (χ0) is 28.9. The first-order valence-corrected chi connectivity index (χ1v) is 15.0. The van der Waals surface area contributed by atoms with E-state index >= 15 is 0 Å². The molecule has 0 N–H and O–H groups in total. The highest BCUT2D eigenvalue weighted by atomic mass is 16.7. The quantitative estimate of drug-likeness (QED) is 0.367. The van der Waals surface area contributed by atoms with Gasteiger partial charge in [-0.2, -0.15) is 0 Å². The summed E-state index contributed by atoms with van der Waals surface area (Å²) in [6, 6.07) is 8.96. The number of benzene rings is 2. The van der Waals surface area contributed by atoms with Gasteiger partial charge in [-0.05, 0) is 63.1 Å². The Morgan fingerprint density at radius 2 is 1.36 bits per heavy atom. The molecule has 42 heavy (non-hydrogen) atoms. The fourth-order valence-corrected chi connectivity index (χ4v) is 5.69. The number of hydrogen-bond acceptors (Lipinski definition) is 10. The summed E-state index contributed by atoms with van der Waals surface area (Å²) in [5.74, 6) is 1.72. The van der Waals surface area contributed by atoms with E-state index in [0.717, 1.165) is 51.4 Å². The second kappa shape index (κ2) is 13.4. The van der Waals surface area contributed by atoms with E-state index in [4.69, 9.17) is 42.9 Å². The number of methoxy groups -OCH3 is 2. The molecule has 0 spiro atoms. The van der Waals surface area contributed by atoms with Gasteiger partial charge in [0.05, 0.1) is 44.4 Å². The minimum absolute atomic E-state index is 0.257. The second-order valence-electron chi connectivity index (χ2n) is 10.9. The smallest absolute Gasteiger partial charge is 0.203 e. The van der Waals surface area contributed by atoms with Crippen LogP contribution in [-0.2, 0) is 18.9 Å². The summed E-state index contributed by atoms with van der Waals surface area (Å²) >= 11 is 0. The van der Waals surface area contributed by atoms with E-state index in [9.17, 15) is 4.79 Å². The molecule has 2 aromatic carbocycles. The summed E-state index contributed by atoms with van der Waals surface area (Å²) in [5.41, 5.74) is 1.91. The molecule has 0 aromatic heterocycles. The average molecular weight is 582 g/mol. The Labute approximate surface area is 246 Å². The molecule has 10 heteroatoms. The van der Waals surface area contributed by atoms with Gasteiger partial charge >= 0.3 is 0 Å². The summed E-state index contributed by atoms with van der Waals surface area (Å²) in [5, 5.41) is 0. The van der Waals surface area contributed by atoms with Gasteiger partial charge in [0, 0.05) is 37.1 Å². The Morgan fingerprint density at radius 1 is 0.714 bits per heavy atom. The highest BCUT2D eigenvalue weighted by Crippen LogP contribution is 2.42. The Balaban J connectivity index is 1.38. The van der Waals surface area contributed by atoms with Crippen molar-refractivity contribution in [3.05, 3.63) is 41.5 Å². The number of carbonyl (C=O) groups excluding carboxylic acids is 1. The predicted octanol–water partition coefficient (Wildman–Crippen LogP) is 5.74. The number of ether oxygens (including phenoxy) is 8. The number of rotatable bonds is 9. The molecule has 6 rings (SSSR count). The molecule has 0 amide bonds. The lowest BCUT2D eigenvalue weighted by Crippen LogP contribution is -2.41.